The van der Waals surface area contributed by atoms with E-state index in [9.17, 15) is 4.79 Å². The van der Waals surface area contributed by atoms with Gasteiger partial charge in [-0.25, -0.2) is 0 Å². The van der Waals surface area contributed by atoms with Crippen LogP contribution in [0.25, 0.3) is 0 Å². The summed E-state index contributed by atoms with van der Waals surface area (Å²) >= 11 is 0. The van der Waals surface area contributed by atoms with Crippen LogP contribution in [0.1, 0.15) is 31.0 Å². The van der Waals surface area contributed by atoms with E-state index >= 15 is 0 Å². The van der Waals surface area contributed by atoms with Gasteiger partial charge in [0.1, 0.15) is 5.75 Å². The van der Waals surface area contributed by atoms with Crippen molar-refractivity contribution in [2.24, 2.45) is 0 Å². The van der Waals surface area contributed by atoms with Crippen molar-refractivity contribution in [2.45, 2.75) is 39.4 Å². The van der Waals surface area contributed by atoms with E-state index < -0.39 is 0 Å². The number of hydrogen-bond donors (Lipinski definition) is 1. The maximum absolute atomic E-state index is 11.7. The van der Waals surface area contributed by atoms with Crippen LogP contribution in [-0.4, -0.2) is 47.3 Å². The van der Waals surface area contributed by atoms with Gasteiger partial charge in [-0.2, -0.15) is 5.10 Å². The lowest BCUT2D eigenvalue weighted by Crippen LogP contribution is -2.33. The summed E-state index contributed by atoms with van der Waals surface area (Å²) in [5.74, 6) is 0.679. The lowest BCUT2D eigenvalue weighted by Gasteiger charge is -2.22. The lowest BCUT2D eigenvalue weighted by atomic mass is 10.1. The Balaban J connectivity index is 1.94. The molecule has 2 aromatic rings. The van der Waals surface area contributed by atoms with Crippen LogP contribution in [0.15, 0.2) is 36.7 Å². The molecule has 1 N–H and O–H groups in total. The molecule has 0 aliphatic heterocycles. The molecule has 1 aromatic carbocycles. The molecular weight excluding hydrogens is 316 g/mol. The fourth-order valence-electron chi connectivity index (χ4n) is 2.39. The van der Waals surface area contributed by atoms with Gasteiger partial charge in [0.25, 0.3) is 5.91 Å². The van der Waals surface area contributed by atoms with Crippen LogP contribution in [0.5, 0.6) is 5.75 Å². The molecule has 6 nitrogen and oxygen atoms in total. The summed E-state index contributed by atoms with van der Waals surface area (Å²) in [5.41, 5.74) is 2.19. The molecule has 2 rings (SSSR count). The number of aryl methyl sites for hydroxylation is 1. The molecule has 0 aliphatic rings. The van der Waals surface area contributed by atoms with Gasteiger partial charge in [0.05, 0.1) is 12.2 Å². The molecule has 2 atom stereocenters. The molecule has 1 amide bonds. The maximum atomic E-state index is 11.7. The Hall–Kier alpha value is -2.34. The van der Waals surface area contributed by atoms with Gasteiger partial charge in [-0.1, -0.05) is 18.2 Å². The number of likely N-dealkylation sites (N-methyl/N-ethyl adjacent to an activating group) is 1. The minimum atomic E-state index is -0.0567. The van der Waals surface area contributed by atoms with Crippen LogP contribution < -0.4 is 10.1 Å². The van der Waals surface area contributed by atoms with E-state index in [1.165, 1.54) is 4.90 Å². The van der Waals surface area contributed by atoms with Crippen LogP contribution >= 0.6 is 0 Å². The normalized spacial score (nSPS) is 13.3. The fraction of sp³-hybridized carbons (Fsp3) is 0.474. The number of rotatable bonds is 8. The van der Waals surface area contributed by atoms with Crippen LogP contribution in [0.4, 0.5) is 0 Å². The number of hydrogen-bond acceptors (Lipinski definition) is 4. The van der Waals surface area contributed by atoms with Crippen molar-refractivity contribution < 1.29 is 9.53 Å². The van der Waals surface area contributed by atoms with Gasteiger partial charge in [0.2, 0.25) is 0 Å². The number of carbonyl (C=O) groups excluding carboxylic acids is 1. The molecule has 0 radical (unpaired) electrons. The third-order valence-corrected chi connectivity index (χ3v) is 4.31. The minimum Gasteiger partial charge on any atom is -0.483 e. The standard InChI is InChI=1S/C19H28N4O2/c1-14-10-21-23(12-14)16(3)15(2)20-11-17-8-6-7-9-18(17)25-13-19(24)22(4)5/h6-10,12,15-16,20H,11,13H2,1-5H3/t15-,16+/m0/s1. The predicted octanol–water partition coefficient (Wildman–Crippen LogP) is 2.40. The topological polar surface area (TPSA) is 59.4 Å². The Labute approximate surface area is 149 Å². The molecule has 6 heteroatoms. The highest BCUT2D eigenvalue weighted by Gasteiger charge is 2.15. The van der Waals surface area contributed by atoms with E-state index in [1.54, 1.807) is 14.1 Å². The Morgan fingerprint density at radius 1 is 1.32 bits per heavy atom. The van der Waals surface area contributed by atoms with Crippen molar-refractivity contribution in [3.63, 3.8) is 0 Å². The van der Waals surface area contributed by atoms with E-state index in [0.717, 1.165) is 16.9 Å². The number of benzene rings is 1. The number of amides is 1. The molecule has 25 heavy (non-hydrogen) atoms. The molecular formula is C19H28N4O2. The van der Waals surface area contributed by atoms with Crippen LogP contribution in [0.3, 0.4) is 0 Å². The number of carbonyl (C=O) groups is 1. The molecule has 0 fully saturated rings. The molecule has 0 aliphatic carbocycles. The summed E-state index contributed by atoms with van der Waals surface area (Å²) in [6, 6.07) is 8.26. The van der Waals surface area contributed by atoms with E-state index in [-0.39, 0.29) is 24.6 Å². The van der Waals surface area contributed by atoms with Crippen molar-refractivity contribution in [2.75, 3.05) is 20.7 Å². The van der Waals surface area contributed by atoms with Gasteiger partial charge in [-0.3, -0.25) is 9.48 Å². The third kappa shape index (κ3) is 5.32. The summed E-state index contributed by atoms with van der Waals surface area (Å²) in [7, 11) is 3.44. The third-order valence-electron chi connectivity index (χ3n) is 4.31. The zero-order valence-electron chi connectivity index (χ0n) is 15.7. The average Bonchev–Trinajstić information content (AvgIpc) is 3.03. The van der Waals surface area contributed by atoms with Crippen molar-refractivity contribution in [3.8, 4) is 5.75 Å². The smallest absolute Gasteiger partial charge is 0.259 e. The summed E-state index contributed by atoms with van der Waals surface area (Å²) in [4.78, 5) is 13.2. The SMILES string of the molecule is Cc1cnn([C@H](C)[C@H](C)NCc2ccccc2OCC(=O)N(C)C)c1. The van der Waals surface area contributed by atoms with Crippen LogP contribution in [0.2, 0.25) is 0 Å². The molecule has 1 aromatic heterocycles. The lowest BCUT2D eigenvalue weighted by molar-refractivity contribution is -0.130. The molecule has 1 heterocycles. The van der Waals surface area contributed by atoms with Crippen molar-refractivity contribution in [3.05, 3.63) is 47.8 Å². The number of nitrogens with one attached hydrogen (secondary N) is 1. The Morgan fingerprint density at radius 2 is 2.04 bits per heavy atom. The second kappa shape index (κ2) is 8.67. The Kier molecular flexibility index (Phi) is 6.58. The predicted molar refractivity (Wildman–Crippen MR) is 98.6 cm³/mol. The van der Waals surface area contributed by atoms with E-state index in [0.29, 0.717) is 6.54 Å². The first-order valence-corrected chi connectivity index (χ1v) is 8.53. The Morgan fingerprint density at radius 3 is 2.68 bits per heavy atom. The number of nitrogens with zero attached hydrogens (tertiary/aromatic N) is 3. The second-order valence-corrected chi connectivity index (χ2v) is 6.59. The number of ether oxygens (including phenoxy) is 1. The van der Waals surface area contributed by atoms with Gasteiger partial charge in [-0.15, -0.1) is 0 Å². The summed E-state index contributed by atoms with van der Waals surface area (Å²) in [6.07, 6.45) is 3.92. The first-order valence-electron chi connectivity index (χ1n) is 8.53. The van der Waals surface area contributed by atoms with E-state index in [4.69, 9.17) is 4.74 Å². The van der Waals surface area contributed by atoms with E-state index in [2.05, 4.69) is 24.3 Å². The molecule has 0 saturated heterocycles. The van der Waals surface area contributed by atoms with Crippen molar-refractivity contribution in [1.82, 2.24) is 20.0 Å². The van der Waals surface area contributed by atoms with Gasteiger partial charge in [0, 0.05) is 38.4 Å². The van der Waals surface area contributed by atoms with Gasteiger partial charge in [-0.05, 0) is 32.4 Å². The van der Waals surface area contributed by atoms with Gasteiger partial charge in [0.15, 0.2) is 6.61 Å². The van der Waals surface area contributed by atoms with Crippen LogP contribution in [-0.2, 0) is 11.3 Å². The largest absolute Gasteiger partial charge is 0.483 e. The number of aromatic nitrogens is 2. The first-order chi connectivity index (χ1) is 11.9. The highest BCUT2D eigenvalue weighted by Crippen LogP contribution is 2.19. The monoisotopic (exact) mass is 344 g/mol. The van der Waals surface area contributed by atoms with Gasteiger partial charge >= 0.3 is 0 Å². The highest BCUT2D eigenvalue weighted by atomic mass is 16.5. The molecule has 0 bridgehead atoms. The molecule has 0 spiro atoms. The Bertz CT molecular complexity index is 696. The second-order valence-electron chi connectivity index (χ2n) is 6.59. The maximum Gasteiger partial charge on any atom is 0.259 e. The molecule has 136 valence electrons. The van der Waals surface area contributed by atoms with Gasteiger partial charge < -0.3 is 15.0 Å². The van der Waals surface area contributed by atoms with Crippen LogP contribution in [0, 0.1) is 6.92 Å². The zero-order valence-corrected chi connectivity index (χ0v) is 15.7. The number of para-hydroxylation sites is 1. The summed E-state index contributed by atoms with van der Waals surface area (Å²) in [5, 5.41) is 7.91. The average molecular weight is 344 g/mol. The van der Waals surface area contributed by atoms with Crippen molar-refractivity contribution in [1.29, 1.82) is 0 Å². The quantitative estimate of drug-likeness (QED) is 0.799. The highest BCUT2D eigenvalue weighted by molar-refractivity contribution is 5.77. The zero-order chi connectivity index (χ0) is 18.4. The molecule has 0 saturated carbocycles. The van der Waals surface area contributed by atoms with Crippen molar-refractivity contribution >= 4 is 5.91 Å². The summed E-state index contributed by atoms with van der Waals surface area (Å²) < 4.78 is 7.67. The first kappa shape index (κ1) is 19.0. The fourth-order valence-corrected chi connectivity index (χ4v) is 2.39. The summed E-state index contributed by atoms with van der Waals surface area (Å²) in [6.45, 7) is 7.03. The minimum absolute atomic E-state index is 0.0442. The van der Waals surface area contributed by atoms with E-state index in [1.807, 2.05) is 48.3 Å². The molecule has 0 unspecified atom stereocenters.